The van der Waals surface area contributed by atoms with Crippen molar-refractivity contribution >= 4 is 17.7 Å². The number of nitrogens with one attached hydrogen (secondary N) is 1. The molecule has 1 saturated carbocycles. The molecule has 1 heterocycles. The van der Waals surface area contributed by atoms with Gasteiger partial charge in [-0.2, -0.15) is 0 Å². The minimum atomic E-state index is -0.545. The van der Waals surface area contributed by atoms with E-state index in [2.05, 4.69) is 4.98 Å². The summed E-state index contributed by atoms with van der Waals surface area (Å²) in [7, 11) is 0. The van der Waals surface area contributed by atoms with Crippen molar-refractivity contribution in [3.63, 3.8) is 0 Å². The van der Waals surface area contributed by atoms with Gasteiger partial charge in [0.1, 0.15) is 5.69 Å². The molecule has 1 aromatic rings. The number of H-pyrrole nitrogens is 1. The SMILES string of the molecule is CCCN(C(=O)C1CC1)C(C)C(=O)c1c(C)[nH]c(C(=O)OCC)c1C. The van der Waals surface area contributed by atoms with Crippen LogP contribution in [0.15, 0.2) is 0 Å². The lowest BCUT2D eigenvalue weighted by molar-refractivity contribution is -0.133. The van der Waals surface area contributed by atoms with E-state index in [1.54, 1.807) is 32.6 Å². The average Bonchev–Trinajstić information content (AvgIpc) is 3.37. The standard InChI is InChI=1S/C19H28N2O4/c1-6-10-21(18(23)14-8-9-14)13(5)17(22)15-11(3)16(20-12(15)4)19(24)25-7-2/h13-14,20H,6-10H2,1-5H3. The van der Waals surface area contributed by atoms with Gasteiger partial charge in [-0.05, 0) is 52.5 Å². The molecule has 0 bridgehead atoms. The smallest absolute Gasteiger partial charge is 0.355 e. The predicted octanol–water partition coefficient (Wildman–Crippen LogP) is 3.03. The molecule has 1 aromatic heterocycles. The summed E-state index contributed by atoms with van der Waals surface area (Å²) in [4.78, 5) is 42.3. The van der Waals surface area contributed by atoms with E-state index in [4.69, 9.17) is 4.74 Å². The Hall–Kier alpha value is -2.11. The van der Waals surface area contributed by atoms with Crippen molar-refractivity contribution in [1.82, 2.24) is 9.88 Å². The molecule has 1 amide bonds. The summed E-state index contributed by atoms with van der Waals surface area (Å²) < 4.78 is 5.04. The van der Waals surface area contributed by atoms with Gasteiger partial charge in [0.05, 0.1) is 12.6 Å². The number of aryl methyl sites for hydroxylation is 1. The van der Waals surface area contributed by atoms with Gasteiger partial charge in [0.2, 0.25) is 5.91 Å². The molecule has 0 aromatic carbocycles. The average molecular weight is 348 g/mol. The molecule has 1 aliphatic carbocycles. The maximum atomic E-state index is 13.1. The van der Waals surface area contributed by atoms with Gasteiger partial charge >= 0.3 is 5.97 Å². The van der Waals surface area contributed by atoms with Gasteiger partial charge in [-0.25, -0.2) is 4.79 Å². The summed E-state index contributed by atoms with van der Waals surface area (Å²) in [5.74, 6) is -0.456. The molecule has 25 heavy (non-hydrogen) atoms. The summed E-state index contributed by atoms with van der Waals surface area (Å²) >= 11 is 0. The Bertz CT molecular complexity index is 673. The minimum Gasteiger partial charge on any atom is -0.461 e. The highest BCUT2D eigenvalue weighted by atomic mass is 16.5. The van der Waals surface area contributed by atoms with E-state index < -0.39 is 12.0 Å². The van der Waals surface area contributed by atoms with Crippen LogP contribution in [0.3, 0.4) is 0 Å². The van der Waals surface area contributed by atoms with Crippen molar-refractivity contribution in [2.24, 2.45) is 5.92 Å². The number of amides is 1. The molecule has 0 spiro atoms. The highest BCUT2D eigenvalue weighted by molar-refractivity contribution is 6.06. The molecule has 6 nitrogen and oxygen atoms in total. The van der Waals surface area contributed by atoms with Gasteiger partial charge in [-0.3, -0.25) is 9.59 Å². The van der Waals surface area contributed by atoms with Gasteiger partial charge in [-0.15, -0.1) is 0 Å². The van der Waals surface area contributed by atoms with Crippen molar-refractivity contribution in [1.29, 1.82) is 0 Å². The molecular weight excluding hydrogens is 320 g/mol. The number of hydrogen-bond acceptors (Lipinski definition) is 4. The van der Waals surface area contributed by atoms with Gasteiger partial charge in [0, 0.05) is 23.7 Å². The van der Waals surface area contributed by atoms with Crippen molar-refractivity contribution in [2.45, 2.75) is 59.9 Å². The summed E-state index contributed by atoms with van der Waals surface area (Å²) in [5, 5.41) is 0. The first-order valence-corrected chi connectivity index (χ1v) is 9.04. The maximum absolute atomic E-state index is 13.1. The van der Waals surface area contributed by atoms with Crippen LogP contribution in [0.1, 0.15) is 72.1 Å². The Morgan fingerprint density at radius 1 is 1.24 bits per heavy atom. The predicted molar refractivity (Wildman–Crippen MR) is 94.7 cm³/mol. The zero-order valence-electron chi connectivity index (χ0n) is 15.8. The molecule has 0 aliphatic heterocycles. The number of carbonyl (C=O) groups excluding carboxylic acids is 3. The molecule has 1 atom stereocenters. The molecule has 138 valence electrons. The highest BCUT2D eigenvalue weighted by Gasteiger charge is 2.37. The number of ketones is 1. The Morgan fingerprint density at radius 3 is 2.40 bits per heavy atom. The second-order valence-electron chi connectivity index (χ2n) is 6.69. The Morgan fingerprint density at radius 2 is 1.88 bits per heavy atom. The first kappa shape index (κ1) is 19.2. The zero-order chi connectivity index (χ0) is 18.7. The number of aromatic amines is 1. The molecule has 1 aliphatic rings. The largest absolute Gasteiger partial charge is 0.461 e. The number of rotatable bonds is 8. The number of nitrogens with zero attached hydrogens (tertiary/aromatic N) is 1. The van der Waals surface area contributed by atoms with E-state index >= 15 is 0 Å². The van der Waals surface area contributed by atoms with Gasteiger partial charge < -0.3 is 14.6 Å². The van der Waals surface area contributed by atoms with E-state index in [1.165, 1.54) is 0 Å². The van der Waals surface area contributed by atoms with Gasteiger partial charge in [0.15, 0.2) is 5.78 Å². The van der Waals surface area contributed by atoms with Crippen LogP contribution < -0.4 is 0 Å². The first-order valence-electron chi connectivity index (χ1n) is 9.04. The van der Waals surface area contributed by atoms with Crippen LogP contribution in [0.25, 0.3) is 0 Å². The number of esters is 1. The molecular formula is C19H28N2O4. The fourth-order valence-corrected chi connectivity index (χ4v) is 3.18. The highest BCUT2D eigenvalue weighted by Crippen LogP contribution is 2.32. The number of ether oxygens (including phenoxy) is 1. The fraction of sp³-hybridized carbons (Fsp3) is 0.632. The fourth-order valence-electron chi connectivity index (χ4n) is 3.18. The number of carbonyl (C=O) groups is 3. The molecule has 0 radical (unpaired) electrons. The molecule has 2 rings (SSSR count). The lowest BCUT2D eigenvalue weighted by atomic mass is 9.99. The quantitative estimate of drug-likeness (QED) is 0.578. The minimum absolute atomic E-state index is 0.0687. The number of Topliss-reactive ketones (excluding diaryl/α,β-unsaturated/α-hetero) is 1. The van der Waals surface area contributed by atoms with Crippen molar-refractivity contribution in [2.75, 3.05) is 13.2 Å². The maximum Gasteiger partial charge on any atom is 0.355 e. The molecule has 1 unspecified atom stereocenters. The third kappa shape index (κ3) is 3.94. The number of hydrogen-bond donors (Lipinski definition) is 1. The number of aromatic nitrogens is 1. The summed E-state index contributed by atoms with van der Waals surface area (Å²) in [5.41, 5.74) is 2.02. The summed E-state index contributed by atoms with van der Waals surface area (Å²) in [6.45, 7) is 9.85. The third-order valence-corrected chi connectivity index (χ3v) is 4.68. The summed E-state index contributed by atoms with van der Waals surface area (Å²) in [6.07, 6.45) is 2.62. The second kappa shape index (κ2) is 7.85. The second-order valence-corrected chi connectivity index (χ2v) is 6.69. The van der Waals surface area contributed by atoms with Gasteiger partial charge in [0.25, 0.3) is 0 Å². The van der Waals surface area contributed by atoms with Crippen LogP contribution in [0.5, 0.6) is 0 Å². The van der Waals surface area contributed by atoms with E-state index in [1.807, 2.05) is 6.92 Å². The van der Waals surface area contributed by atoms with Crippen molar-refractivity contribution in [3.05, 3.63) is 22.5 Å². The molecule has 0 saturated heterocycles. The van der Waals surface area contributed by atoms with Crippen LogP contribution in [0.2, 0.25) is 0 Å². The Kier molecular flexibility index (Phi) is 6.03. The van der Waals surface area contributed by atoms with Crippen LogP contribution in [-0.2, 0) is 9.53 Å². The van der Waals surface area contributed by atoms with Crippen molar-refractivity contribution < 1.29 is 19.1 Å². The van der Waals surface area contributed by atoms with Crippen LogP contribution in [0, 0.1) is 19.8 Å². The van der Waals surface area contributed by atoms with E-state index in [-0.39, 0.29) is 24.2 Å². The van der Waals surface area contributed by atoms with Crippen LogP contribution in [-0.4, -0.2) is 46.7 Å². The molecule has 6 heteroatoms. The first-order chi connectivity index (χ1) is 11.8. The normalized spacial score (nSPS) is 14.9. The van der Waals surface area contributed by atoms with E-state index in [9.17, 15) is 14.4 Å². The van der Waals surface area contributed by atoms with Crippen LogP contribution in [0.4, 0.5) is 0 Å². The lowest BCUT2D eigenvalue weighted by Crippen LogP contribution is -2.44. The van der Waals surface area contributed by atoms with Crippen molar-refractivity contribution in [3.8, 4) is 0 Å². The van der Waals surface area contributed by atoms with Crippen LogP contribution >= 0.6 is 0 Å². The van der Waals surface area contributed by atoms with E-state index in [0.29, 0.717) is 29.1 Å². The topological polar surface area (TPSA) is 79.5 Å². The Labute approximate surface area is 148 Å². The monoisotopic (exact) mass is 348 g/mol. The molecule has 1 fully saturated rings. The van der Waals surface area contributed by atoms with E-state index in [0.717, 1.165) is 19.3 Å². The molecule has 1 N–H and O–H groups in total. The Balaban J connectivity index is 2.28. The van der Waals surface area contributed by atoms with Gasteiger partial charge in [-0.1, -0.05) is 6.92 Å². The lowest BCUT2D eigenvalue weighted by Gasteiger charge is -2.28. The zero-order valence-corrected chi connectivity index (χ0v) is 15.8. The summed E-state index contributed by atoms with van der Waals surface area (Å²) in [6, 6.07) is -0.545. The third-order valence-electron chi connectivity index (χ3n) is 4.68.